The fourth-order valence-electron chi connectivity index (χ4n) is 2.33. The summed E-state index contributed by atoms with van der Waals surface area (Å²) in [5, 5.41) is 0. The van der Waals surface area contributed by atoms with Crippen LogP contribution in [0.3, 0.4) is 0 Å². The molecule has 2 nitrogen and oxygen atoms in total. The van der Waals surface area contributed by atoms with Gasteiger partial charge in [-0.05, 0) is 31.3 Å². The molecule has 1 aliphatic rings. The van der Waals surface area contributed by atoms with E-state index in [1.807, 2.05) is 18.7 Å². The van der Waals surface area contributed by atoms with Crippen LogP contribution < -0.4 is 0 Å². The van der Waals surface area contributed by atoms with E-state index in [0.717, 1.165) is 13.1 Å². The summed E-state index contributed by atoms with van der Waals surface area (Å²) in [5.41, 5.74) is -0.0191. The molecular formula is C12H19Cl2NO. The third-order valence-electron chi connectivity index (χ3n) is 3.56. The maximum absolute atomic E-state index is 12.2. The Morgan fingerprint density at radius 1 is 1.31 bits per heavy atom. The molecule has 0 unspecified atom stereocenters. The van der Waals surface area contributed by atoms with Gasteiger partial charge in [0.1, 0.15) is 4.49 Å². The highest BCUT2D eigenvalue weighted by atomic mass is 35.5. The molecule has 0 aromatic carbocycles. The summed E-state index contributed by atoms with van der Waals surface area (Å²) >= 11 is 11.3. The molecular weight excluding hydrogens is 245 g/mol. The van der Waals surface area contributed by atoms with Gasteiger partial charge in [-0.15, -0.1) is 0 Å². The van der Waals surface area contributed by atoms with Crippen LogP contribution in [0.1, 0.15) is 27.7 Å². The van der Waals surface area contributed by atoms with Crippen molar-refractivity contribution in [3.05, 3.63) is 10.6 Å². The van der Waals surface area contributed by atoms with Crippen LogP contribution in [0.2, 0.25) is 0 Å². The molecule has 0 spiro atoms. The Hall–Kier alpha value is -0.210. The normalized spacial score (nSPS) is 26.1. The van der Waals surface area contributed by atoms with Crippen molar-refractivity contribution in [1.82, 2.24) is 4.90 Å². The van der Waals surface area contributed by atoms with Crippen molar-refractivity contribution in [2.45, 2.75) is 27.7 Å². The summed E-state index contributed by atoms with van der Waals surface area (Å²) in [6.45, 7) is 9.67. The average Bonchev–Trinajstić information content (AvgIpc) is 2.68. The Labute approximate surface area is 108 Å². The van der Waals surface area contributed by atoms with Gasteiger partial charge in [0.2, 0.25) is 5.91 Å². The quantitative estimate of drug-likeness (QED) is 0.761. The molecule has 1 aliphatic carbocycles. The Bertz CT molecular complexity index is 304. The topological polar surface area (TPSA) is 20.3 Å². The molecule has 1 saturated carbocycles. The molecule has 1 rings (SSSR count). The maximum Gasteiger partial charge on any atom is 0.226 e. The molecule has 0 bridgehead atoms. The van der Waals surface area contributed by atoms with Crippen molar-refractivity contribution < 1.29 is 4.79 Å². The molecule has 2 atom stereocenters. The van der Waals surface area contributed by atoms with Crippen molar-refractivity contribution in [1.29, 1.82) is 0 Å². The maximum atomic E-state index is 12.2. The molecule has 16 heavy (non-hydrogen) atoms. The summed E-state index contributed by atoms with van der Waals surface area (Å²) in [7, 11) is 0. The molecule has 0 heterocycles. The lowest BCUT2D eigenvalue weighted by atomic mass is 10.1. The van der Waals surface area contributed by atoms with E-state index in [-0.39, 0.29) is 27.6 Å². The van der Waals surface area contributed by atoms with E-state index < -0.39 is 0 Å². The highest BCUT2D eigenvalue weighted by molar-refractivity contribution is 6.55. The first-order valence-electron chi connectivity index (χ1n) is 5.67. The third kappa shape index (κ3) is 2.54. The SMILES string of the molecule is CCN(CC)C(=O)[C@@H]1[C@@H](C=C(Cl)Cl)C1(C)C. The standard InChI is InChI=1S/C12H19Cl2NO/c1-5-15(6-2)11(16)10-8(7-9(13)14)12(10,3)4/h7-8,10H,5-6H2,1-4H3/t8-,10+/m1/s1. The number of allylic oxidation sites excluding steroid dienone is 1. The van der Waals surface area contributed by atoms with Crippen molar-refractivity contribution in [2.75, 3.05) is 13.1 Å². The van der Waals surface area contributed by atoms with Crippen LogP contribution in [0.15, 0.2) is 10.6 Å². The summed E-state index contributed by atoms with van der Waals surface area (Å²) < 4.78 is 0.257. The summed E-state index contributed by atoms with van der Waals surface area (Å²) in [6, 6.07) is 0. The Balaban J connectivity index is 2.76. The molecule has 0 aliphatic heterocycles. The number of nitrogens with zero attached hydrogens (tertiary/aromatic N) is 1. The number of carbonyl (C=O) groups is 1. The molecule has 0 radical (unpaired) electrons. The number of halogens is 2. The minimum Gasteiger partial charge on any atom is -0.343 e. The van der Waals surface area contributed by atoms with Crippen LogP contribution in [-0.2, 0) is 4.79 Å². The van der Waals surface area contributed by atoms with Gasteiger partial charge in [-0.25, -0.2) is 0 Å². The van der Waals surface area contributed by atoms with E-state index in [9.17, 15) is 4.79 Å². The van der Waals surface area contributed by atoms with E-state index >= 15 is 0 Å². The summed E-state index contributed by atoms with van der Waals surface area (Å²) in [6.07, 6.45) is 1.79. The third-order valence-corrected chi connectivity index (χ3v) is 3.81. The summed E-state index contributed by atoms with van der Waals surface area (Å²) in [5.74, 6) is 0.413. The minimum absolute atomic E-state index is 0.0191. The van der Waals surface area contributed by atoms with Crippen LogP contribution in [0.25, 0.3) is 0 Å². The predicted molar refractivity (Wildman–Crippen MR) is 68.5 cm³/mol. The van der Waals surface area contributed by atoms with Crippen LogP contribution in [-0.4, -0.2) is 23.9 Å². The zero-order valence-corrected chi connectivity index (χ0v) is 11.8. The number of hydrogen-bond donors (Lipinski definition) is 0. The zero-order chi connectivity index (χ0) is 12.5. The number of amides is 1. The van der Waals surface area contributed by atoms with Crippen molar-refractivity contribution in [3.63, 3.8) is 0 Å². The Kier molecular flexibility index (Phi) is 4.30. The summed E-state index contributed by atoms with van der Waals surface area (Å²) in [4.78, 5) is 14.0. The smallest absolute Gasteiger partial charge is 0.226 e. The fourth-order valence-corrected chi connectivity index (χ4v) is 2.60. The Morgan fingerprint density at radius 2 is 1.81 bits per heavy atom. The minimum atomic E-state index is -0.0191. The lowest BCUT2D eigenvalue weighted by molar-refractivity contribution is -0.133. The molecule has 4 heteroatoms. The second-order valence-electron chi connectivity index (χ2n) is 4.79. The second kappa shape index (κ2) is 4.97. The van der Waals surface area contributed by atoms with Crippen LogP contribution >= 0.6 is 23.2 Å². The lowest BCUT2D eigenvalue weighted by Gasteiger charge is -2.19. The van der Waals surface area contributed by atoms with Gasteiger partial charge < -0.3 is 4.90 Å². The first-order chi connectivity index (χ1) is 7.36. The zero-order valence-electron chi connectivity index (χ0n) is 10.3. The van der Waals surface area contributed by atoms with Crippen molar-refractivity contribution >= 4 is 29.1 Å². The monoisotopic (exact) mass is 263 g/mol. The van der Waals surface area contributed by atoms with Gasteiger partial charge in [0.15, 0.2) is 0 Å². The van der Waals surface area contributed by atoms with Crippen molar-refractivity contribution in [2.24, 2.45) is 17.3 Å². The van der Waals surface area contributed by atoms with Crippen molar-refractivity contribution in [3.8, 4) is 0 Å². The van der Waals surface area contributed by atoms with Gasteiger partial charge in [-0.1, -0.05) is 37.0 Å². The van der Waals surface area contributed by atoms with E-state index in [2.05, 4.69) is 13.8 Å². The van der Waals surface area contributed by atoms with Gasteiger partial charge in [-0.3, -0.25) is 4.79 Å². The first-order valence-corrected chi connectivity index (χ1v) is 6.43. The molecule has 0 N–H and O–H groups in total. The predicted octanol–water partition coefficient (Wildman–Crippen LogP) is 3.45. The van der Waals surface area contributed by atoms with Crippen LogP contribution in [0.5, 0.6) is 0 Å². The van der Waals surface area contributed by atoms with E-state index in [4.69, 9.17) is 23.2 Å². The molecule has 1 fully saturated rings. The molecule has 0 aromatic heterocycles. The fraction of sp³-hybridized carbons (Fsp3) is 0.750. The van der Waals surface area contributed by atoms with Gasteiger partial charge in [0, 0.05) is 13.1 Å². The van der Waals surface area contributed by atoms with Gasteiger partial charge >= 0.3 is 0 Å². The van der Waals surface area contributed by atoms with Crippen LogP contribution in [0.4, 0.5) is 0 Å². The largest absolute Gasteiger partial charge is 0.343 e. The number of rotatable bonds is 4. The van der Waals surface area contributed by atoms with E-state index in [1.165, 1.54) is 0 Å². The van der Waals surface area contributed by atoms with Gasteiger partial charge in [0.25, 0.3) is 0 Å². The first kappa shape index (κ1) is 13.9. The van der Waals surface area contributed by atoms with Crippen LogP contribution in [0, 0.1) is 17.3 Å². The highest BCUT2D eigenvalue weighted by Gasteiger charge is 2.61. The lowest BCUT2D eigenvalue weighted by Crippen LogP contribution is -2.33. The molecule has 0 aromatic rings. The van der Waals surface area contributed by atoms with E-state index in [1.54, 1.807) is 6.08 Å². The van der Waals surface area contributed by atoms with Gasteiger partial charge in [0.05, 0.1) is 5.92 Å². The second-order valence-corrected chi connectivity index (χ2v) is 5.80. The molecule has 0 saturated heterocycles. The molecule has 1 amide bonds. The average molecular weight is 264 g/mol. The Morgan fingerprint density at radius 3 is 2.19 bits per heavy atom. The highest BCUT2D eigenvalue weighted by Crippen LogP contribution is 2.60. The van der Waals surface area contributed by atoms with Gasteiger partial charge in [-0.2, -0.15) is 0 Å². The van der Waals surface area contributed by atoms with E-state index in [0.29, 0.717) is 0 Å². The number of carbonyl (C=O) groups excluding carboxylic acids is 1. The molecule has 92 valence electrons. The number of hydrogen-bond acceptors (Lipinski definition) is 1.